The maximum atomic E-state index is 11.8. The van der Waals surface area contributed by atoms with Gasteiger partial charge in [-0.15, -0.1) is 0 Å². The van der Waals surface area contributed by atoms with Gasteiger partial charge in [-0.3, -0.25) is 24.8 Å². The molecule has 92 valence electrons. The van der Waals surface area contributed by atoms with Crippen LogP contribution in [0.2, 0.25) is 0 Å². The van der Waals surface area contributed by atoms with Gasteiger partial charge < -0.3 is 0 Å². The van der Waals surface area contributed by atoms with E-state index in [1.807, 2.05) is 6.92 Å². The summed E-state index contributed by atoms with van der Waals surface area (Å²) >= 11 is 0. The van der Waals surface area contributed by atoms with Gasteiger partial charge in [0.05, 0.1) is 16.5 Å². The average molecular weight is 243 g/mol. The Morgan fingerprint density at radius 3 is 2.22 bits per heavy atom. The normalized spacial score (nSPS) is 16.7. The smallest absolute Gasteiger partial charge is 0.267 e. The van der Waals surface area contributed by atoms with E-state index in [2.05, 4.69) is 29.0 Å². The van der Waals surface area contributed by atoms with Gasteiger partial charge in [0.2, 0.25) is 0 Å². The summed E-state index contributed by atoms with van der Waals surface area (Å²) in [5.41, 5.74) is 1.97. The van der Waals surface area contributed by atoms with Gasteiger partial charge in [0, 0.05) is 11.1 Å². The molecule has 1 aliphatic heterocycles. The third-order valence-electron chi connectivity index (χ3n) is 3.78. The molecular weight excluding hydrogens is 230 g/mol. The first-order valence-corrected chi connectivity index (χ1v) is 5.76. The molecule has 0 radical (unpaired) electrons. The van der Waals surface area contributed by atoms with Crippen molar-refractivity contribution >= 4 is 22.2 Å². The predicted octanol–water partition coefficient (Wildman–Crippen LogP) is 1.60. The first-order chi connectivity index (χ1) is 8.41. The van der Waals surface area contributed by atoms with E-state index < -0.39 is 0 Å². The highest BCUT2D eigenvalue weighted by Crippen LogP contribution is 2.40. The Hall–Kier alpha value is -2.17. The van der Waals surface area contributed by atoms with Gasteiger partial charge in [-0.1, -0.05) is 13.8 Å². The second-order valence-electron chi connectivity index (χ2n) is 5.15. The van der Waals surface area contributed by atoms with Crippen molar-refractivity contribution in [2.75, 3.05) is 0 Å². The van der Waals surface area contributed by atoms with Gasteiger partial charge in [-0.25, -0.2) is 0 Å². The number of fused-ring (bicyclic) bond motifs is 2. The number of nitrogens with zero attached hydrogens (tertiary/aromatic N) is 1. The number of benzene rings is 1. The molecule has 3 rings (SSSR count). The van der Waals surface area contributed by atoms with Crippen LogP contribution in [0.4, 0.5) is 5.69 Å². The maximum absolute atomic E-state index is 11.8. The summed E-state index contributed by atoms with van der Waals surface area (Å²) in [6, 6.07) is 3.47. The van der Waals surface area contributed by atoms with Crippen LogP contribution < -0.4 is 11.1 Å². The Labute approximate surface area is 103 Å². The molecule has 0 atom stereocenters. The van der Waals surface area contributed by atoms with Crippen molar-refractivity contribution in [3.63, 3.8) is 0 Å². The Morgan fingerprint density at radius 2 is 1.61 bits per heavy atom. The van der Waals surface area contributed by atoms with Crippen molar-refractivity contribution in [3.05, 3.63) is 38.4 Å². The van der Waals surface area contributed by atoms with Crippen LogP contribution in [0.1, 0.15) is 26.3 Å². The summed E-state index contributed by atoms with van der Waals surface area (Å²) in [5, 5.41) is 5.46. The lowest BCUT2D eigenvalue weighted by molar-refractivity contribution is 0.734. The van der Waals surface area contributed by atoms with Crippen LogP contribution in [0.15, 0.2) is 26.7 Å². The Morgan fingerprint density at radius 1 is 1.06 bits per heavy atom. The summed E-state index contributed by atoms with van der Waals surface area (Å²) < 4.78 is 0. The summed E-state index contributed by atoms with van der Waals surface area (Å²) in [5.74, 6) is 0. The predicted molar refractivity (Wildman–Crippen MR) is 71.0 cm³/mol. The molecule has 5 heteroatoms. The van der Waals surface area contributed by atoms with E-state index in [0.29, 0.717) is 10.8 Å². The number of hydrogen-bond donors (Lipinski definition) is 2. The molecule has 0 saturated heterocycles. The highest BCUT2D eigenvalue weighted by molar-refractivity contribution is 6.02. The average Bonchev–Trinajstić information content (AvgIpc) is 2.54. The van der Waals surface area contributed by atoms with Crippen molar-refractivity contribution in [2.45, 2.75) is 26.2 Å². The van der Waals surface area contributed by atoms with Crippen LogP contribution in [0.3, 0.4) is 0 Å². The van der Waals surface area contributed by atoms with Gasteiger partial charge in [0.15, 0.2) is 0 Å². The molecule has 0 aliphatic carbocycles. The van der Waals surface area contributed by atoms with Crippen LogP contribution >= 0.6 is 0 Å². The van der Waals surface area contributed by atoms with Crippen LogP contribution in [-0.4, -0.2) is 15.9 Å². The van der Waals surface area contributed by atoms with Gasteiger partial charge in [-0.2, -0.15) is 0 Å². The number of nitrogens with one attached hydrogen (secondary N) is 2. The van der Waals surface area contributed by atoms with Crippen molar-refractivity contribution in [3.8, 4) is 0 Å². The molecule has 2 heterocycles. The van der Waals surface area contributed by atoms with E-state index in [9.17, 15) is 9.59 Å². The standard InChI is InChI=1S/C13H13N3O2/c1-6-13(2,3)9-4-7-8(5-10(9)14-6)12(18)16-15-11(7)17/h4-5H,1-3H3,(H,15,17)(H,16,18). The summed E-state index contributed by atoms with van der Waals surface area (Å²) in [6.45, 7) is 6.08. The molecule has 1 aromatic heterocycles. The lowest BCUT2D eigenvalue weighted by Crippen LogP contribution is -2.24. The molecule has 0 fully saturated rings. The molecule has 1 aliphatic rings. The fourth-order valence-corrected chi connectivity index (χ4v) is 2.32. The maximum Gasteiger partial charge on any atom is 0.270 e. The quantitative estimate of drug-likeness (QED) is 0.737. The first-order valence-electron chi connectivity index (χ1n) is 5.76. The molecule has 0 spiro atoms. The number of H-pyrrole nitrogens is 2. The second-order valence-corrected chi connectivity index (χ2v) is 5.15. The topological polar surface area (TPSA) is 78.1 Å². The minimum atomic E-state index is -0.301. The number of hydrogen-bond acceptors (Lipinski definition) is 3. The Balaban J connectivity index is 2.50. The highest BCUT2D eigenvalue weighted by atomic mass is 16.1. The highest BCUT2D eigenvalue weighted by Gasteiger charge is 2.32. The third-order valence-corrected chi connectivity index (χ3v) is 3.78. The summed E-state index contributed by atoms with van der Waals surface area (Å²) in [4.78, 5) is 27.9. The van der Waals surface area contributed by atoms with Gasteiger partial charge in [0.25, 0.3) is 11.1 Å². The Bertz CT molecular complexity index is 809. The zero-order valence-electron chi connectivity index (χ0n) is 10.4. The van der Waals surface area contributed by atoms with E-state index in [1.165, 1.54) is 0 Å². The largest absolute Gasteiger partial charge is 0.270 e. The second kappa shape index (κ2) is 3.19. The molecule has 18 heavy (non-hydrogen) atoms. The van der Waals surface area contributed by atoms with Crippen LogP contribution in [0.5, 0.6) is 0 Å². The summed E-state index contributed by atoms with van der Waals surface area (Å²) in [7, 11) is 0. The lowest BCUT2D eigenvalue weighted by Gasteiger charge is -2.19. The van der Waals surface area contributed by atoms with E-state index in [0.717, 1.165) is 17.0 Å². The summed E-state index contributed by atoms with van der Waals surface area (Å²) in [6.07, 6.45) is 0. The number of aromatic amines is 2. The molecule has 5 nitrogen and oxygen atoms in total. The fraction of sp³-hybridized carbons (Fsp3) is 0.308. The SMILES string of the molecule is CC1=Nc2cc3c(=O)[nH][nH]c(=O)c3cc2C1(C)C. The number of rotatable bonds is 0. The molecular formula is C13H13N3O2. The van der Waals surface area contributed by atoms with Crippen LogP contribution in [0, 0.1) is 0 Å². The van der Waals surface area contributed by atoms with Crippen molar-refractivity contribution in [2.24, 2.45) is 4.99 Å². The van der Waals surface area contributed by atoms with E-state index in [1.54, 1.807) is 12.1 Å². The molecule has 0 bridgehead atoms. The third kappa shape index (κ3) is 1.24. The molecule has 0 saturated carbocycles. The minimum Gasteiger partial charge on any atom is -0.267 e. The van der Waals surface area contributed by atoms with E-state index in [4.69, 9.17) is 0 Å². The van der Waals surface area contributed by atoms with Gasteiger partial charge >= 0.3 is 0 Å². The Kier molecular flexibility index (Phi) is 1.94. The molecule has 2 N–H and O–H groups in total. The van der Waals surface area contributed by atoms with Gasteiger partial charge in [0.1, 0.15) is 0 Å². The zero-order chi connectivity index (χ0) is 13.1. The van der Waals surface area contributed by atoms with Crippen molar-refractivity contribution in [1.82, 2.24) is 10.2 Å². The minimum absolute atomic E-state index is 0.196. The van der Waals surface area contributed by atoms with Crippen molar-refractivity contribution < 1.29 is 0 Å². The van der Waals surface area contributed by atoms with Crippen molar-refractivity contribution in [1.29, 1.82) is 0 Å². The first kappa shape index (κ1) is 11.0. The lowest BCUT2D eigenvalue weighted by atomic mass is 9.81. The van der Waals surface area contributed by atoms with Crippen LogP contribution in [-0.2, 0) is 5.41 Å². The zero-order valence-corrected chi connectivity index (χ0v) is 10.4. The van der Waals surface area contributed by atoms with E-state index in [-0.39, 0.29) is 16.5 Å². The molecule has 2 aromatic rings. The monoisotopic (exact) mass is 243 g/mol. The van der Waals surface area contributed by atoms with E-state index >= 15 is 0 Å². The number of aromatic nitrogens is 2. The molecule has 0 amide bonds. The van der Waals surface area contributed by atoms with Gasteiger partial charge in [-0.05, 0) is 24.6 Å². The molecule has 1 aromatic carbocycles. The van der Waals surface area contributed by atoms with Crippen LogP contribution in [0.25, 0.3) is 10.8 Å². The molecule has 0 unspecified atom stereocenters. The number of aliphatic imine (C=N–C) groups is 1. The fourth-order valence-electron chi connectivity index (χ4n) is 2.32.